The summed E-state index contributed by atoms with van der Waals surface area (Å²) in [5.74, 6) is 0.963. The average molecular weight is 404 g/mol. The third-order valence-corrected chi connectivity index (χ3v) is 6.46. The van der Waals surface area contributed by atoms with Gasteiger partial charge in [0.15, 0.2) is 0 Å². The predicted octanol–water partition coefficient (Wildman–Crippen LogP) is 3.68. The Hall–Kier alpha value is -1.86. The van der Waals surface area contributed by atoms with Gasteiger partial charge in [0.2, 0.25) is 5.91 Å². The number of hydrogen-bond acceptors (Lipinski definition) is 5. The van der Waals surface area contributed by atoms with E-state index in [0.29, 0.717) is 26.2 Å². The Morgan fingerprint density at radius 3 is 2.44 bits per heavy atom. The second-order valence-corrected chi connectivity index (χ2v) is 8.99. The van der Waals surface area contributed by atoms with Gasteiger partial charge in [-0.05, 0) is 19.1 Å². The van der Waals surface area contributed by atoms with E-state index in [1.165, 1.54) is 0 Å². The first-order valence-electron chi connectivity index (χ1n) is 9.16. The van der Waals surface area contributed by atoms with Crippen molar-refractivity contribution in [3.8, 4) is 0 Å². The molecule has 1 aliphatic rings. The molecule has 1 fully saturated rings. The maximum Gasteiger partial charge on any atom is 0.255 e. The number of rotatable bonds is 5. The van der Waals surface area contributed by atoms with Crippen LogP contribution in [0.5, 0.6) is 0 Å². The topological polar surface area (TPSA) is 53.5 Å². The van der Waals surface area contributed by atoms with Gasteiger partial charge in [0.1, 0.15) is 0 Å². The van der Waals surface area contributed by atoms with Crippen LogP contribution in [0.4, 0.5) is 0 Å². The van der Waals surface area contributed by atoms with E-state index in [1.54, 1.807) is 23.1 Å². The largest absolute Gasteiger partial charge is 0.339 e. The van der Waals surface area contributed by atoms with Crippen molar-refractivity contribution in [1.82, 2.24) is 14.8 Å². The number of hydrogen-bond donors (Lipinski definition) is 0. The summed E-state index contributed by atoms with van der Waals surface area (Å²) >= 11 is 3.29. The standard InChI is InChI=1S/C20H25N3O2S2/c1-14(2)19(24)22-8-10-23(11-9-22)20(25)17-6-4-5-7-18(17)27-13-16-12-26-15(3)21-16/h4-7,12,14H,8-11,13H2,1-3H3. The molecule has 0 bridgehead atoms. The van der Waals surface area contributed by atoms with Crippen LogP contribution in [0, 0.1) is 12.8 Å². The number of aryl methyl sites for hydroxylation is 1. The number of aromatic nitrogens is 1. The van der Waals surface area contributed by atoms with Crippen molar-refractivity contribution >= 4 is 34.9 Å². The van der Waals surface area contributed by atoms with Gasteiger partial charge < -0.3 is 9.80 Å². The Labute approximate surface area is 168 Å². The minimum absolute atomic E-state index is 0.00118. The maximum absolute atomic E-state index is 13.0. The van der Waals surface area contributed by atoms with Crippen LogP contribution in [0.2, 0.25) is 0 Å². The van der Waals surface area contributed by atoms with Crippen LogP contribution in [0.25, 0.3) is 0 Å². The van der Waals surface area contributed by atoms with Gasteiger partial charge in [0, 0.05) is 48.1 Å². The van der Waals surface area contributed by atoms with Crippen LogP contribution in [-0.2, 0) is 10.5 Å². The zero-order valence-corrected chi connectivity index (χ0v) is 17.6. The Bertz CT molecular complexity index is 811. The molecule has 1 saturated heterocycles. The number of nitrogens with zero attached hydrogens (tertiary/aromatic N) is 3. The lowest BCUT2D eigenvalue weighted by molar-refractivity contribution is -0.135. The quantitative estimate of drug-likeness (QED) is 0.715. The van der Waals surface area contributed by atoms with Crippen LogP contribution in [0.3, 0.4) is 0 Å². The number of thiazole rings is 1. The van der Waals surface area contributed by atoms with Gasteiger partial charge in [0.05, 0.1) is 16.3 Å². The van der Waals surface area contributed by atoms with E-state index < -0.39 is 0 Å². The van der Waals surface area contributed by atoms with Gasteiger partial charge in [-0.15, -0.1) is 23.1 Å². The van der Waals surface area contributed by atoms with Crippen molar-refractivity contribution in [3.63, 3.8) is 0 Å². The fourth-order valence-electron chi connectivity index (χ4n) is 3.06. The Kier molecular flexibility index (Phi) is 6.55. The normalized spacial score (nSPS) is 14.7. The molecule has 1 aromatic carbocycles. The molecule has 0 spiro atoms. The summed E-state index contributed by atoms with van der Waals surface area (Å²) in [5, 5.41) is 3.13. The van der Waals surface area contributed by atoms with Gasteiger partial charge in [-0.2, -0.15) is 0 Å². The molecule has 0 unspecified atom stereocenters. The summed E-state index contributed by atoms with van der Waals surface area (Å²) in [6.45, 7) is 8.21. The third-order valence-electron chi connectivity index (χ3n) is 4.53. The van der Waals surface area contributed by atoms with Crippen molar-refractivity contribution in [3.05, 3.63) is 45.9 Å². The zero-order chi connectivity index (χ0) is 19.4. The average Bonchev–Trinajstić information content (AvgIpc) is 3.10. The Balaban J connectivity index is 1.64. The summed E-state index contributed by atoms with van der Waals surface area (Å²) in [5.41, 5.74) is 1.78. The number of carbonyl (C=O) groups excluding carboxylic acids is 2. The number of amides is 2. The molecule has 5 nitrogen and oxygen atoms in total. The van der Waals surface area contributed by atoms with Crippen LogP contribution in [0.1, 0.15) is 34.9 Å². The van der Waals surface area contributed by atoms with Crippen LogP contribution >= 0.6 is 23.1 Å². The highest BCUT2D eigenvalue weighted by molar-refractivity contribution is 7.98. The number of benzene rings is 1. The van der Waals surface area contributed by atoms with Gasteiger partial charge in [-0.3, -0.25) is 9.59 Å². The number of thioether (sulfide) groups is 1. The number of carbonyl (C=O) groups is 2. The van der Waals surface area contributed by atoms with Crippen LogP contribution in [0.15, 0.2) is 34.5 Å². The summed E-state index contributed by atoms with van der Waals surface area (Å²) in [6.07, 6.45) is 0. The van der Waals surface area contributed by atoms with E-state index in [-0.39, 0.29) is 17.7 Å². The Morgan fingerprint density at radius 2 is 1.81 bits per heavy atom. The fourth-order valence-corrected chi connectivity index (χ4v) is 4.72. The first kappa shape index (κ1) is 19.9. The van der Waals surface area contributed by atoms with E-state index >= 15 is 0 Å². The fraction of sp³-hybridized carbons (Fsp3) is 0.450. The summed E-state index contributed by atoms with van der Waals surface area (Å²) in [6, 6.07) is 7.76. The highest BCUT2D eigenvalue weighted by atomic mass is 32.2. The molecule has 0 aliphatic carbocycles. The van der Waals surface area contributed by atoms with E-state index in [4.69, 9.17) is 0 Å². The highest BCUT2D eigenvalue weighted by Gasteiger charge is 2.27. The van der Waals surface area contributed by atoms with E-state index in [2.05, 4.69) is 10.4 Å². The minimum Gasteiger partial charge on any atom is -0.339 e. The lowest BCUT2D eigenvalue weighted by Gasteiger charge is -2.35. The van der Waals surface area contributed by atoms with Crippen LogP contribution < -0.4 is 0 Å². The molecule has 3 rings (SSSR count). The molecule has 0 saturated carbocycles. The van der Waals surface area contributed by atoms with E-state index in [9.17, 15) is 9.59 Å². The smallest absolute Gasteiger partial charge is 0.255 e. The van der Waals surface area contributed by atoms with Crippen molar-refractivity contribution in [2.75, 3.05) is 26.2 Å². The predicted molar refractivity (Wildman–Crippen MR) is 110 cm³/mol. The lowest BCUT2D eigenvalue weighted by atomic mass is 10.1. The molecule has 1 aliphatic heterocycles. The van der Waals surface area contributed by atoms with E-state index in [0.717, 1.165) is 26.9 Å². The first-order chi connectivity index (χ1) is 13.0. The molecule has 2 amide bonds. The monoisotopic (exact) mass is 403 g/mol. The van der Waals surface area contributed by atoms with Crippen molar-refractivity contribution < 1.29 is 9.59 Å². The Morgan fingerprint density at radius 1 is 1.15 bits per heavy atom. The van der Waals surface area contributed by atoms with E-state index in [1.807, 2.05) is 54.8 Å². The molecule has 0 atom stereocenters. The number of piperazine rings is 1. The zero-order valence-electron chi connectivity index (χ0n) is 16.0. The molecule has 144 valence electrons. The summed E-state index contributed by atoms with van der Waals surface area (Å²) in [7, 11) is 0. The van der Waals surface area contributed by atoms with Gasteiger partial charge in [-0.1, -0.05) is 26.0 Å². The first-order valence-corrected chi connectivity index (χ1v) is 11.0. The minimum atomic E-state index is -0.00118. The van der Waals surface area contributed by atoms with Gasteiger partial charge in [0.25, 0.3) is 5.91 Å². The highest BCUT2D eigenvalue weighted by Crippen LogP contribution is 2.28. The van der Waals surface area contributed by atoms with Gasteiger partial charge >= 0.3 is 0 Å². The molecule has 2 aromatic rings. The SMILES string of the molecule is Cc1nc(CSc2ccccc2C(=O)N2CCN(C(=O)C(C)C)CC2)cs1. The molecule has 0 radical (unpaired) electrons. The summed E-state index contributed by atoms with van der Waals surface area (Å²) < 4.78 is 0. The molecule has 27 heavy (non-hydrogen) atoms. The second kappa shape index (κ2) is 8.89. The van der Waals surface area contributed by atoms with Crippen molar-refractivity contribution in [2.45, 2.75) is 31.4 Å². The molecule has 0 N–H and O–H groups in total. The molecular formula is C20H25N3O2S2. The molecule has 1 aromatic heterocycles. The molecule has 7 heteroatoms. The van der Waals surface area contributed by atoms with Crippen LogP contribution in [-0.4, -0.2) is 52.8 Å². The second-order valence-electron chi connectivity index (χ2n) is 6.91. The molecular weight excluding hydrogens is 378 g/mol. The molecule has 2 heterocycles. The van der Waals surface area contributed by atoms with Crippen molar-refractivity contribution in [1.29, 1.82) is 0 Å². The van der Waals surface area contributed by atoms with Crippen molar-refractivity contribution in [2.24, 2.45) is 5.92 Å². The maximum atomic E-state index is 13.0. The van der Waals surface area contributed by atoms with Gasteiger partial charge in [-0.25, -0.2) is 4.98 Å². The third kappa shape index (κ3) is 4.90. The lowest BCUT2D eigenvalue weighted by Crippen LogP contribution is -2.51. The summed E-state index contributed by atoms with van der Waals surface area (Å²) in [4.78, 5) is 34.4.